The predicted molar refractivity (Wildman–Crippen MR) is 121 cm³/mol. The van der Waals surface area contributed by atoms with E-state index in [9.17, 15) is 13.2 Å². The molecule has 12 nitrogen and oxygen atoms in total. The number of rotatable bonds is 7. The molecular formula is C19H16BrN7O5S. The summed E-state index contributed by atoms with van der Waals surface area (Å²) in [5.41, 5.74) is 1.01. The van der Waals surface area contributed by atoms with E-state index < -0.39 is 15.9 Å². The fourth-order valence-corrected chi connectivity index (χ4v) is 4.30. The topological polar surface area (TPSA) is 150 Å². The first-order valence-electron chi connectivity index (χ1n) is 9.21. The minimum Gasteiger partial charge on any atom is -0.481 e. The molecule has 3 aromatic heterocycles. The van der Waals surface area contributed by atoms with E-state index in [1.807, 2.05) is 0 Å². The lowest BCUT2D eigenvalue weighted by atomic mass is 10.3. The predicted octanol–water partition coefficient (Wildman–Crippen LogP) is 2.35. The van der Waals surface area contributed by atoms with Crippen molar-refractivity contribution < 1.29 is 22.7 Å². The average Bonchev–Trinajstić information content (AvgIpc) is 3.15. The van der Waals surface area contributed by atoms with Gasteiger partial charge in [0.05, 0.1) is 23.6 Å². The Labute approximate surface area is 196 Å². The first-order valence-corrected chi connectivity index (χ1v) is 11.5. The first kappa shape index (κ1) is 22.4. The van der Waals surface area contributed by atoms with Crippen LogP contribution in [0.1, 0.15) is 10.5 Å². The highest BCUT2D eigenvalue weighted by Crippen LogP contribution is 2.24. The summed E-state index contributed by atoms with van der Waals surface area (Å²) in [4.78, 5) is 24.6. The molecule has 3 heterocycles. The number of nitrogens with one attached hydrogen (secondary N) is 2. The van der Waals surface area contributed by atoms with Gasteiger partial charge in [-0.1, -0.05) is 0 Å². The average molecular weight is 534 g/mol. The molecule has 0 fully saturated rings. The van der Waals surface area contributed by atoms with Crippen molar-refractivity contribution in [3.05, 3.63) is 59.0 Å². The molecule has 0 atom stereocenters. The summed E-state index contributed by atoms with van der Waals surface area (Å²) >= 11 is 3.33. The smallest absolute Gasteiger partial charge is 0.321 e. The maximum absolute atomic E-state index is 12.7. The number of fused-ring (bicyclic) bond motifs is 1. The van der Waals surface area contributed by atoms with Crippen molar-refractivity contribution in [3.63, 3.8) is 0 Å². The van der Waals surface area contributed by atoms with Gasteiger partial charge in [-0.05, 0) is 46.3 Å². The van der Waals surface area contributed by atoms with Crippen molar-refractivity contribution >= 4 is 49.0 Å². The molecule has 14 heteroatoms. The number of methoxy groups -OCH3 is 2. The van der Waals surface area contributed by atoms with Crippen molar-refractivity contribution in [3.8, 4) is 11.9 Å². The lowest BCUT2D eigenvalue weighted by Crippen LogP contribution is -2.15. The van der Waals surface area contributed by atoms with E-state index >= 15 is 0 Å². The van der Waals surface area contributed by atoms with E-state index in [-0.39, 0.29) is 28.3 Å². The molecule has 0 aliphatic heterocycles. The van der Waals surface area contributed by atoms with E-state index in [1.54, 1.807) is 18.5 Å². The highest BCUT2D eigenvalue weighted by atomic mass is 79.9. The molecule has 0 bridgehead atoms. The van der Waals surface area contributed by atoms with Gasteiger partial charge in [-0.25, -0.2) is 17.9 Å². The summed E-state index contributed by atoms with van der Waals surface area (Å²) in [5.74, 6) is -0.381. The SMILES string of the molecule is COc1cc(NS(=O)(=O)c2ccc(NC(=O)c3nn4cccnc4c3Br)cc2)nc(OC)n1. The van der Waals surface area contributed by atoms with Gasteiger partial charge in [-0.3, -0.25) is 9.52 Å². The van der Waals surface area contributed by atoms with Crippen LogP contribution in [0, 0.1) is 0 Å². The molecule has 170 valence electrons. The summed E-state index contributed by atoms with van der Waals surface area (Å²) in [5, 5.41) is 6.87. The standard InChI is InChI=1S/C19H16BrN7O5S/c1-31-14-10-13(23-19(24-14)32-2)26-33(29,30)12-6-4-11(5-7-12)22-18(28)16-15(20)17-21-8-3-9-27(17)25-16/h3-10H,1-2H3,(H,22,28)(H,23,24,26). The van der Waals surface area contributed by atoms with Crippen LogP contribution in [0.5, 0.6) is 11.9 Å². The summed E-state index contributed by atoms with van der Waals surface area (Å²) in [6, 6.07) is 8.54. The molecule has 0 saturated carbocycles. The molecule has 0 saturated heterocycles. The molecule has 2 N–H and O–H groups in total. The summed E-state index contributed by atoms with van der Waals surface area (Å²) < 4.78 is 39.7. The number of amides is 1. The number of nitrogens with zero attached hydrogens (tertiary/aromatic N) is 5. The normalized spacial score (nSPS) is 11.2. The van der Waals surface area contributed by atoms with Gasteiger partial charge >= 0.3 is 6.01 Å². The largest absolute Gasteiger partial charge is 0.481 e. The second-order valence-corrected chi connectivity index (χ2v) is 8.89. The van der Waals surface area contributed by atoms with Crippen LogP contribution in [0.4, 0.5) is 11.5 Å². The summed E-state index contributed by atoms with van der Waals surface area (Å²) in [6.07, 6.45) is 3.25. The maximum Gasteiger partial charge on any atom is 0.321 e. The number of carbonyl (C=O) groups is 1. The highest BCUT2D eigenvalue weighted by molar-refractivity contribution is 9.10. The number of ether oxygens (including phenoxy) is 2. The van der Waals surface area contributed by atoms with E-state index in [2.05, 4.69) is 46.0 Å². The van der Waals surface area contributed by atoms with E-state index in [0.717, 1.165) is 0 Å². The molecule has 0 radical (unpaired) electrons. The Kier molecular flexibility index (Phi) is 6.11. The molecule has 0 aliphatic carbocycles. The molecule has 33 heavy (non-hydrogen) atoms. The Bertz CT molecular complexity index is 1420. The number of aromatic nitrogens is 5. The van der Waals surface area contributed by atoms with Crippen LogP contribution in [0.3, 0.4) is 0 Å². The van der Waals surface area contributed by atoms with Gasteiger partial charge in [-0.2, -0.15) is 15.1 Å². The minimum absolute atomic E-state index is 0.0265. The minimum atomic E-state index is -3.98. The van der Waals surface area contributed by atoms with Gasteiger partial charge in [0.15, 0.2) is 17.2 Å². The van der Waals surface area contributed by atoms with E-state index in [4.69, 9.17) is 9.47 Å². The third-order valence-corrected chi connectivity index (χ3v) is 6.39. The number of carbonyl (C=O) groups excluding carboxylic acids is 1. The van der Waals surface area contributed by atoms with Crippen LogP contribution >= 0.6 is 15.9 Å². The molecule has 0 unspecified atom stereocenters. The fourth-order valence-electron chi connectivity index (χ4n) is 2.76. The van der Waals surface area contributed by atoms with Crippen LogP contribution in [0.2, 0.25) is 0 Å². The number of hydrogen-bond acceptors (Lipinski definition) is 9. The van der Waals surface area contributed by atoms with Gasteiger partial charge in [0.2, 0.25) is 5.88 Å². The Morgan fingerprint density at radius 1 is 1.12 bits per heavy atom. The zero-order valence-electron chi connectivity index (χ0n) is 17.2. The van der Waals surface area contributed by atoms with Crippen LogP contribution in [-0.2, 0) is 10.0 Å². The summed E-state index contributed by atoms with van der Waals surface area (Å²) in [7, 11) is -1.25. The lowest BCUT2D eigenvalue weighted by molar-refractivity contribution is 0.102. The molecule has 4 rings (SSSR count). The zero-order chi connectivity index (χ0) is 23.6. The Hall–Kier alpha value is -3.78. The number of hydrogen-bond donors (Lipinski definition) is 2. The third-order valence-electron chi connectivity index (χ3n) is 4.29. The first-order chi connectivity index (χ1) is 15.8. The Balaban J connectivity index is 1.51. The lowest BCUT2D eigenvalue weighted by Gasteiger charge is -2.10. The number of benzene rings is 1. The molecule has 1 aromatic carbocycles. The maximum atomic E-state index is 12.7. The Morgan fingerprint density at radius 2 is 1.88 bits per heavy atom. The second kappa shape index (κ2) is 8.99. The highest BCUT2D eigenvalue weighted by Gasteiger charge is 2.20. The molecule has 0 aliphatic rings. The van der Waals surface area contributed by atoms with Crippen LogP contribution in [0.15, 0.2) is 58.2 Å². The zero-order valence-corrected chi connectivity index (χ0v) is 19.6. The number of anilines is 2. The van der Waals surface area contributed by atoms with Crippen LogP contribution < -0.4 is 19.5 Å². The summed E-state index contributed by atoms with van der Waals surface area (Å²) in [6.45, 7) is 0. The monoisotopic (exact) mass is 533 g/mol. The fraction of sp³-hybridized carbons (Fsp3) is 0.105. The van der Waals surface area contributed by atoms with E-state index in [0.29, 0.717) is 15.8 Å². The van der Waals surface area contributed by atoms with Crippen molar-refractivity contribution in [1.82, 2.24) is 24.6 Å². The van der Waals surface area contributed by atoms with Crippen molar-refractivity contribution in [2.24, 2.45) is 0 Å². The van der Waals surface area contributed by atoms with Crippen molar-refractivity contribution in [2.75, 3.05) is 24.3 Å². The van der Waals surface area contributed by atoms with Gasteiger partial charge in [-0.15, -0.1) is 0 Å². The molecule has 1 amide bonds. The molecule has 0 spiro atoms. The van der Waals surface area contributed by atoms with Gasteiger partial charge in [0, 0.05) is 24.1 Å². The quantitative estimate of drug-likeness (QED) is 0.364. The van der Waals surface area contributed by atoms with Gasteiger partial charge in [0.1, 0.15) is 0 Å². The Morgan fingerprint density at radius 3 is 2.55 bits per heavy atom. The van der Waals surface area contributed by atoms with Crippen LogP contribution in [-0.4, -0.2) is 53.1 Å². The van der Waals surface area contributed by atoms with Crippen molar-refractivity contribution in [2.45, 2.75) is 4.90 Å². The number of halogens is 1. The van der Waals surface area contributed by atoms with Gasteiger partial charge in [0.25, 0.3) is 15.9 Å². The third kappa shape index (κ3) is 4.70. The second-order valence-electron chi connectivity index (χ2n) is 6.42. The van der Waals surface area contributed by atoms with Crippen LogP contribution in [0.25, 0.3) is 5.65 Å². The molecular weight excluding hydrogens is 518 g/mol. The van der Waals surface area contributed by atoms with Crippen molar-refractivity contribution in [1.29, 1.82) is 0 Å². The van der Waals surface area contributed by atoms with Gasteiger partial charge < -0.3 is 14.8 Å². The van der Waals surface area contributed by atoms with E-state index in [1.165, 1.54) is 49.1 Å². The molecule has 4 aromatic rings. The number of sulfonamides is 1.